The van der Waals surface area contributed by atoms with Crippen LogP contribution >= 0.6 is 0 Å². The summed E-state index contributed by atoms with van der Waals surface area (Å²) in [5, 5.41) is 16.0. The van der Waals surface area contributed by atoms with Crippen molar-refractivity contribution in [3.05, 3.63) is 119 Å². The first-order chi connectivity index (χ1) is 30.8. The molecule has 5 aromatic heterocycles. The Morgan fingerprint density at radius 2 is 0.908 bits per heavy atom. The Morgan fingerprint density at radius 1 is 0.523 bits per heavy atom. The van der Waals surface area contributed by atoms with Crippen molar-refractivity contribution < 1.29 is 71.6 Å². The molecule has 5 rings (SSSR count). The van der Waals surface area contributed by atoms with E-state index < -0.39 is 47.6 Å². The van der Waals surface area contributed by atoms with Gasteiger partial charge in [-0.25, -0.2) is 40.6 Å². The molecule has 0 saturated carbocycles. The molecule has 5 heterocycles. The van der Waals surface area contributed by atoms with Crippen LogP contribution in [0.3, 0.4) is 0 Å². The first-order valence-electron chi connectivity index (χ1n) is 17.6. The third-order valence-electron chi connectivity index (χ3n) is 6.85. The second-order valence-corrected chi connectivity index (χ2v) is 11.4. The number of rotatable bonds is 8. The molecule has 0 radical (unpaired) electrons. The lowest BCUT2D eigenvalue weighted by Gasteiger charge is -2.04. The van der Waals surface area contributed by atoms with Gasteiger partial charge in [-0.1, -0.05) is 0 Å². The number of ether oxygens (including phenoxy) is 4. The highest BCUT2D eigenvalue weighted by Gasteiger charge is 2.13. The fourth-order valence-corrected chi connectivity index (χ4v) is 3.73. The van der Waals surface area contributed by atoms with Gasteiger partial charge in [0.15, 0.2) is 0 Å². The van der Waals surface area contributed by atoms with Crippen molar-refractivity contribution >= 4 is 53.5 Å². The smallest absolute Gasteiger partial charge is 0.354 e. The van der Waals surface area contributed by atoms with Gasteiger partial charge in [0.05, 0.1) is 50.7 Å². The van der Waals surface area contributed by atoms with Crippen molar-refractivity contribution in [2.75, 3.05) is 28.4 Å². The van der Waals surface area contributed by atoms with Gasteiger partial charge in [0.25, 0.3) is 17.7 Å². The van der Waals surface area contributed by atoms with Crippen LogP contribution < -0.4 is 33.4 Å². The van der Waals surface area contributed by atoms with Crippen LogP contribution in [-0.4, -0.2) is 117 Å². The fourth-order valence-electron chi connectivity index (χ4n) is 3.73. The third kappa shape index (κ3) is 19.4. The van der Waals surface area contributed by atoms with Crippen LogP contribution in [-0.2, 0) is 28.5 Å². The number of aryl methyl sites for hydroxylation is 1. The number of carboxylic acid groups (broad SMARTS) is 1. The molecule has 9 N–H and O–H groups in total. The quantitative estimate of drug-likeness (QED) is 0.0352. The first kappa shape index (κ1) is 53.9. The van der Waals surface area contributed by atoms with E-state index in [1.54, 1.807) is 19.1 Å². The van der Waals surface area contributed by atoms with E-state index in [1.165, 1.54) is 97.3 Å². The van der Waals surface area contributed by atoms with E-state index >= 15 is 0 Å². The number of methoxy groups -OCH3 is 4. The van der Waals surface area contributed by atoms with Crippen LogP contribution in [0.1, 0.15) is 92.6 Å². The minimum Gasteiger partial charge on any atom is -0.477 e. The van der Waals surface area contributed by atoms with E-state index in [2.05, 4.69) is 65.8 Å². The largest absolute Gasteiger partial charge is 0.477 e. The summed E-state index contributed by atoms with van der Waals surface area (Å²) in [7, 11) is 5.08. The molecule has 0 aliphatic rings. The molecule has 0 unspecified atom stereocenters. The molecule has 0 fully saturated rings. The molecule has 4 amide bonds. The van der Waals surface area contributed by atoms with Crippen molar-refractivity contribution in [3.8, 4) is 11.6 Å². The number of carbonyl (C=O) groups is 9. The monoisotopic (exact) mass is 906 g/mol. The number of amides is 4. The lowest BCUT2D eigenvalue weighted by molar-refractivity contribution is -0.120. The number of aromatic carboxylic acids is 1. The highest BCUT2D eigenvalue weighted by atomic mass is 16.5. The Bertz CT molecular complexity index is 2360. The predicted octanol–water partition coefficient (Wildman–Crippen LogP) is -0.0900. The molecule has 0 saturated heterocycles. The van der Waals surface area contributed by atoms with Crippen LogP contribution in [0, 0.1) is 6.92 Å². The Morgan fingerprint density at radius 3 is 1.18 bits per heavy atom. The van der Waals surface area contributed by atoms with Gasteiger partial charge >= 0.3 is 29.8 Å². The average molecular weight is 907 g/mol. The van der Waals surface area contributed by atoms with Gasteiger partial charge in [-0.2, -0.15) is 0 Å². The number of pyridine rings is 4. The van der Waals surface area contributed by atoms with E-state index in [9.17, 15) is 43.2 Å². The molecule has 5 aromatic rings. The van der Waals surface area contributed by atoms with Gasteiger partial charge in [0.1, 0.15) is 22.8 Å². The van der Waals surface area contributed by atoms with Crippen LogP contribution in [0.4, 0.5) is 0 Å². The van der Waals surface area contributed by atoms with E-state index in [0.29, 0.717) is 23.0 Å². The van der Waals surface area contributed by atoms with Crippen LogP contribution in [0.2, 0.25) is 0 Å². The molecule has 0 aliphatic carbocycles. The van der Waals surface area contributed by atoms with Crippen molar-refractivity contribution in [2.45, 2.75) is 20.8 Å². The van der Waals surface area contributed by atoms with E-state index in [0.717, 1.165) is 6.20 Å². The normalized spacial score (nSPS) is 9.31. The number of hydrogen-bond donors (Lipinski definition) is 7. The zero-order valence-corrected chi connectivity index (χ0v) is 35.4. The standard InChI is InChI=1S/C10H11N3O4.C10H9N3O3.C8H9N3O3.C8H7NO4.C2H6N2O/c1-6(14)12-13-9(15)8-4-3-7(5-11-8)10(16)17-2;1-6-12-13-9(16-6)8-4-3-7(5-11-8)10(14)15-2;1-14-8(13)5-2-3-6(10-4-5)7(12)11-9;1-13-8(12)5-2-3-6(7(10)11)9-4-5;1-2(5)4-3/h3-5H,1-2H3,(H,12,14)(H,13,15);3-5H,1-2H3;2-4H,9H2,1H3,(H,11,12);2-4H,1H3,(H,10,11);3H2,1H3,(H,4,5). The number of nitrogens with two attached hydrogens (primary N) is 2. The lowest BCUT2D eigenvalue weighted by Crippen LogP contribution is -2.40. The minimum atomic E-state index is -1.13. The maximum absolute atomic E-state index is 11.4. The molecular weight excluding hydrogens is 864 g/mol. The number of nitrogen functional groups attached to an aromatic ring is 1. The van der Waals surface area contributed by atoms with Gasteiger partial charge in [-0.15, -0.1) is 10.2 Å². The summed E-state index contributed by atoms with van der Waals surface area (Å²) < 4.78 is 23.1. The topological polar surface area (TPSA) is 401 Å². The average Bonchev–Trinajstić information content (AvgIpc) is 3.78. The fraction of sp³-hybridized carbons (Fsp3) is 0.184. The number of esters is 4. The molecule has 0 spiro atoms. The van der Waals surface area contributed by atoms with Gasteiger partial charge < -0.3 is 28.5 Å². The Hall–Kier alpha value is -9.11. The number of hydrogen-bond acceptors (Lipinski definition) is 22. The highest BCUT2D eigenvalue weighted by Crippen LogP contribution is 2.15. The summed E-state index contributed by atoms with van der Waals surface area (Å²) in [4.78, 5) is 112. The Labute approximate surface area is 367 Å². The molecule has 344 valence electrons. The van der Waals surface area contributed by atoms with Crippen molar-refractivity contribution in [3.63, 3.8) is 0 Å². The van der Waals surface area contributed by atoms with E-state index in [4.69, 9.17) is 15.4 Å². The molecule has 0 aliphatic heterocycles. The summed E-state index contributed by atoms with van der Waals surface area (Å²) in [6, 6.07) is 11.4. The van der Waals surface area contributed by atoms with Crippen molar-refractivity contribution in [1.82, 2.24) is 51.8 Å². The summed E-state index contributed by atoms with van der Waals surface area (Å²) >= 11 is 0. The van der Waals surface area contributed by atoms with Gasteiger partial charge in [0, 0.05) is 45.6 Å². The second kappa shape index (κ2) is 28.4. The van der Waals surface area contributed by atoms with Crippen molar-refractivity contribution in [2.24, 2.45) is 11.7 Å². The van der Waals surface area contributed by atoms with E-state index in [-0.39, 0.29) is 39.7 Å². The molecule has 27 heteroatoms. The summed E-state index contributed by atoms with van der Waals surface area (Å²) in [5.74, 6) is 5.43. The third-order valence-corrected chi connectivity index (χ3v) is 6.85. The van der Waals surface area contributed by atoms with Crippen molar-refractivity contribution in [1.29, 1.82) is 0 Å². The van der Waals surface area contributed by atoms with E-state index in [1.807, 2.05) is 10.9 Å². The maximum Gasteiger partial charge on any atom is 0.354 e. The van der Waals surface area contributed by atoms with Crippen LogP contribution in [0.15, 0.2) is 77.7 Å². The summed E-state index contributed by atoms with van der Waals surface area (Å²) in [6.45, 7) is 4.30. The molecule has 0 bridgehead atoms. The number of nitrogens with one attached hydrogen (secondary N) is 4. The zero-order valence-electron chi connectivity index (χ0n) is 35.4. The number of carboxylic acids is 1. The molecule has 65 heavy (non-hydrogen) atoms. The number of carbonyl (C=O) groups excluding carboxylic acids is 8. The molecule has 0 atom stereocenters. The number of hydrazine groups is 3. The van der Waals surface area contributed by atoms with Crippen LogP contribution in [0.5, 0.6) is 0 Å². The molecule has 0 aromatic carbocycles. The Kier molecular flexibility index (Phi) is 23.6. The molecular formula is C38H42N12O15. The Balaban J connectivity index is 0.000000420. The summed E-state index contributed by atoms with van der Waals surface area (Å²) in [6.07, 6.45) is 5.03. The minimum absolute atomic E-state index is 0.0754. The predicted molar refractivity (Wildman–Crippen MR) is 218 cm³/mol. The number of nitrogens with zero attached hydrogens (tertiary/aromatic N) is 6. The zero-order chi connectivity index (χ0) is 49.1. The van der Waals surface area contributed by atoms with Gasteiger partial charge in [-0.3, -0.25) is 55.8 Å². The van der Waals surface area contributed by atoms with Crippen LogP contribution in [0.25, 0.3) is 11.6 Å². The SMILES string of the molecule is CC(=O)NN.COC(=O)c1ccc(-c2nnc(C)o2)nc1.COC(=O)c1ccc(C(=O)NN)nc1.COC(=O)c1ccc(C(=O)NNC(C)=O)nc1.COC(=O)c1ccc(C(=O)O)nc1. The second-order valence-electron chi connectivity index (χ2n) is 11.4. The van der Waals surface area contributed by atoms with Gasteiger partial charge in [0.2, 0.25) is 17.7 Å². The highest BCUT2D eigenvalue weighted by molar-refractivity contribution is 5.95. The maximum atomic E-state index is 11.4. The molecule has 27 nitrogen and oxygen atoms in total. The first-order valence-corrected chi connectivity index (χ1v) is 17.6. The van der Waals surface area contributed by atoms with Gasteiger partial charge in [-0.05, 0) is 48.5 Å². The summed E-state index contributed by atoms with van der Waals surface area (Å²) in [5.41, 5.74) is 9.84. The lowest BCUT2D eigenvalue weighted by atomic mass is 10.2. The number of aromatic nitrogens is 6.